The molecule has 4 rings (SSSR count). The van der Waals surface area contributed by atoms with Crippen LogP contribution in [0.1, 0.15) is 30.0 Å². The summed E-state index contributed by atoms with van der Waals surface area (Å²) in [5.74, 6) is 1.12. The summed E-state index contributed by atoms with van der Waals surface area (Å²) in [7, 11) is 0. The lowest BCUT2D eigenvalue weighted by atomic mass is 10.2. The second-order valence-electron chi connectivity index (χ2n) is 5.43. The average Bonchev–Trinajstić information content (AvgIpc) is 3.05. The number of imidazole rings is 1. The quantitative estimate of drug-likeness (QED) is 0.793. The molecule has 106 valence electrons. The summed E-state index contributed by atoms with van der Waals surface area (Å²) in [5.41, 5.74) is 9.29. The first kappa shape index (κ1) is 12.1. The van der Waals surface area contributed by atoms with E-state index in [1.54, 1.807) is 12.5 Å². The first-order valence-corrected chi connectivity index (χ1v) is 7.07. The number of hydrogen-bond donors (Lipinski definition) is 1. The lowest BCUT2D eigenvalue weighted by Crippen LogP contribution is -2.06. The Morgan fingerprint density at radius 1 is 1.19 bits per heavy atom. The molecule has 1 aliphatic carbocycles. The fourth-order valence-electron chi connectivity index (χ4n) is 2.59. The van der Waals surface area contributed by atoms with Crippen LogP contribution < -0.4 is 5.73 Å². The highest BCUT2D eigenvalue weighted by Crippen LogP contribution is 2.42. The van der Waals surface area contributed by atoms with Gasteiger partial charge < -0.3 is 10.3 Å². The number of hydrogen-bond acceptors (Lipinski definition) is 4. The highest BCUT2D eigenvalue weighted by atomic mass is 15.4. The number of nitrogens with zero attached hydrogens (tertiary/aromatic N) is 5. The third-order valence-corrected chi connectivity index (χ3v) is 3.84. The van der Waals surface area contributed by atoms with E-state index in [4.69, 9.17) is 5.73 Å². The van der Waals surface area contributed by atoms with Gasteiger partial charge in [0.25, 0.3) is 0 Å². The zero-order valence-corrected chi connectivity index (χ0v) is 11.6. The summed E-state index contributed by atoms with van der Waals surface area (Å²) < 4.78 is 3.91. The second-order valence-corrected chi connectivity index (χ2v) is 5.43. The van der Waals surface area contributed by atoms with Crippen LogP contribution in [0.25, 0.3) is 5.69 Å². The Hall–Kier alpha value is -2.63. The Morgan fingerprint density at radius 3 is 2.67 bits per heavy atom. The summed E-state index contributed by atoms with van der Waals surface area (Å²) in [6.45, 7) is 0.709. The van der Waals surface area contributed by atoms with Crippen LogP contribution in [-0.2, 0) is 6.54 Å². The maximum Gasteiger partial charge on any atom is 0.169 e. The first-order valence-electron chi connectivity index (χ1n) is 7.07. The molecule has 2 aromatic heterocycles. The van der Waals surface area contributed by atoms with E-state index < -0.39 is 0 Å². The van der Waals surface area contributed by atoms with E-state index in [9.17, 15) is 0 Å². The minimum Gasteiger partial charge on any atom is -0.381 e. The number of rotatable bonds is 4. The van der Waals surface area contributed by atoms with Gasteiger partial charge in [-0.2, -0.15) is 0 Å². The van der Waals surface area contributed by atoms with Crippen molar-refractivity contribution >= 4 is 5.82 Å². The summed E-state index contributed by atoms with van der Waals surface area (Å²) in [6, 6.07) is 8.36. The molecular weight excluding hydrogens is 264 g/mol. The smallest absolute Gasteiger partial charge is 0.169 e. The Morgan fingerprint density at radius 2 is 2.00 bits per heavy atom. The van der Waals surface area contributed by atoms with Gasteiger partial charge >= 0.3 is 0 Å². The normalized spacial score (nSPS) is 14.5. The minimum absolute atomic E-state index is 0.547. The van der Waals surface area contributed by atoms with Gasteiger partial charge in [0.1, 0.15) is 0 Å². The fourth-order valence-corrected chi connectivity index (χ4v) is 2.59. The summed E-state index contributed by atoms with van der Waals surface area (Å²) >= 11 is 0. The minimum atomic E-state index is 0.547. The van der Waals surface area contributed by atoms with Crippen LogP contribution in [0.15, 0.2) is 43.0 Å². The maximum atomic E-state index is 5.92. The van der Waals surface area contributed by atoms with E-state index >= 15 is 0 Å². The van der Waals surface area contributed by atoms with Crippen molar-refractivity contribution in [2.24, 2.45) is 0 Å². The summed E-state index contributed by atoms with van der Waals surface area (Å²) in [6.07, 6.45) is 7.87. The molecular formula is C15H16N6. The zero-order chi connectivity index (χ0) is 14.2. The molecule has 2 N–H and O–H groups in total. The molecule has 0 bridgehead atoms. The lowest BCUT2D eigenvalue weighted by molar-refractivity contribution is 0.619. The monoisotopic (exact) mass is 280 g/mol. The third-order valence-electron chi connectivity index (χ3n) is 3.84. The fraction of sp³-hybridized carbons (Fsp3) is 0.267. The van der Waals surface area contributed by atoms with Crippen LogP contribution in [0.5, 0.6) is 0 Å². The van der Waals surface area contributed by atoms with Crippen molar-refractivity contribution in [2.45, 2.75) is 25.3 Å². The Kier molecular flexibility index (Phi) is 2.73. The topological polar surface area (TPSA) is 74.5 Å². The third kappa shape index (κ3) is 2.29. The van der Waals surface area contributed by atoms with E-state index in [1.165, 1.54) is 18.4 Å². The Bertz CT molecular complexity index is 737. The average molecular weight is 280 g/mol. The van der Waals surface area contributed by atoms with Gasteiger partial charge in [-0.25, -0.2) is 9.67 Å². The predicted molar refractivity (Wildman–Crippen MR) is 79.1 cm³/mol. The lowest BCUT2D eigenvalue weighted by Gasteiger charge is -2.07. The van der Waals surface area contributed by atoms with E-state index in [0.29, 0.717) is 18.3 Å². The van der Waals surface area contributed by atoms with E-state index in [0.717, 1.165) is 11.4 Å². The maximum absolute atomic E-state index is 5.92. The van der Waals surface area contributed by atoms with E-state index in [2.05, 4.69) is 39.6 Å². The molecule has 0 unspecified atom stereocenters. The van der Waals surface area contributed by atoms with Crippen molar-refractivity contribution in [3.63, 3.8) is 0 Å². The molecule has 0 radical (unpaired) electrons. The SMILES string of the molecule is Nc1nnn(Cc2ccc(-n3ccnc3)cc2)c1C1CC1. The molecule has 6 heteroatoms. The molecule has 0 atom stereocenters. The van der Waals surface area contributed by atoms with Crippen molar-refractivity contribution in [3.8, 4) is 5.69 Å². The Labute approximate surface area is 122 Å². The first-order chi connectivity index (χ1) is 10.3. The van der Waals surface area contributed by atoms with Gasteiger partial charge in [-0.3, -0.25) is 0 Å². The molecule has 2 heterocycles. The summed E-state index contributed by atoms with van der Waals surface area (Å²) in [4.78, 5) is 4.06. The van der Waals surface area contributed by atoms with Crippen LogP contribution in [0.2, 0.25) is 0 Å². The highest BCUT2D eigenvalue weighted by Gasteiger charge is 2.30. The van der Waals surface area contributed by atoms with E-state index in [-0.39, 0.29) is 0 Å². The highest BCUT2D eigenvalue weighted by molar-refractivity contribution is 5.39. The number of nitrogen functional groups attached to an aromatic ring is 1. The molecule has 0 saturated heterocycles. The van der Waals surface area contributed by atoms with Gasteiger partial charge in [-0.05, 0) is 30.5 Å². The molecule has 1 aromatic carbocycles. The van der Waals surface area contributed by atoms with Crippen LogP contribution in [0, 0.1) is 0 Å². The summed E-state index contributed by atoms with van der Waals surface area (Å²) in [5, 5.41) is 8.18. The van der Waals surface area contributed by atoms with Crippen LogP contribution >= 0.6 is 0 Å². The van der Waals surface area contributed by atoms with Crippen molar-refractivity contribution in [3.05, 3.63) is 54.2 Å². The number of nitrogens with two attached hydrogens (primary N) is 1. The molecule has 1 fully saturated rings. The van der Waals surface area contributed by atoms with Gasteiger partial charge in [-0.1, -0.05) is 17.3 Å². The van der Waals surface area contributed by atoms with Crippen molar-refractivity contribution < 1.29 is 0 Å². The number of anilines is 1. The number of aromatic nitrogens is 5. The van der Waals surface area contributed by atoms with Crippen LogP contribution in [0.3, 0.4) is 0 Å². The van der Waals surface area contributed by atoms with Gasteiger partial charge in [0.2, 0.25) is 0 Å². The van der Waals surface area contributed by atoms with Gasteiger partial charge in [0.05, 0.1) is 18.6 Å². The van der Waals surface area contributed by atoms with E-state index in [1.807, 2.05) is 15.4 Å². The van der Waals surface area contributed by atoms with Gasteiger partial charge in [0.15, 0.2) is 5.82 Å². The van der Waals surface area contributed by atoms with Crippen molar-refractivity contribution in [2.75, 3.05) is 5.73 Å². The van der Waals surface area contributed by atoms with Crippen LogP contribution in [-0.4, -0.2) is 24.5 Å². The molecule has 0 spiro atoms. The van der Waals surface area contributed by atoms with Gasteiger partial charge in [-0.15, -0.1) is 5.10 Å². The van der Waals surface area contributed by atoms with Crippen molar-refractivity contribution in [1.29, 1.82) is 0 Å². The molecule has 6 nitrogen and oxygen atoms in total. The standard InChI is InChI=1S/C15H16N6/c16-15-14(12-3-4-12)21(19-18-15)9-11-1-5-13(6-2-11)20-8-7-17-10-20/h1-2,5-8,10,12H,3-4,9,16H2. The number of benzene rings is 1. The molecule has 0 amide bonds. The molecule has 21 heavy (non-hydrogen) atoms. The second kappa shape index (κ2) is 4.73. The molecule has 3 aromatic rings. The van der Waals surface area contributed by atoms with Crippen molar-refractivity contribution in [1.82, 2.24) is 24.5 Å². The molecule has 1 saturated carbocycles. The molecule has 0 aliphatic heterocycles. The van der Waals surface area contributed by atoms with Gasteiger partial charge in [0, 0.05) is 24.0 Å². The predicted octanol–water partition coefficient (Wildman–Crippen LogP) is 1.97. The molecule has 1 aliphatic rings. The largest absolute Gasteiger partial charge is 0.381 e. The van der Waals surface area contributed by atoms with Crippen LogP contribution in [0.4, 0.5) is 5.82 Å². The Balaban J connectivity index is 1.57. The zero-order valence-electron chi connectivity index (χ0n) is 11.6.